The smallest absolute Gasteiger partial charge is 0.227 e. The Hall–Kier alpha value is -1.52. The number of carbonyl (C=O) groups is 1. The van der Waals surface area contributed by atoms with E-state index in [1.54, 1.807) is 0 Å². The number of unbranched alkanes of at least 4 members (excludes halogenated alkanes) is 1. The zero-order chi connectivity index (χ0) is 16.3. The molecule has 0 aromatic carbocycles. The van der Waals surface area contributed by atoms with Gasteiger partial charge in [-0.3, -0.25) is 9.79 Å². The maximum absolute atomic E-state index is 12.0. The van der Waals surface area contributed by atoms with Crippen molar-refractivity contribution in [1.82, 2.24) is 15.5 Å². The van der Waals surface area contributed by atoms with Gasteiger partial charge in [0.2, 0.25) is 5.91 Å². The minimum Gasteiger partial charge on any atom is -0.357 e. The summed E-state index contributed by atoms with van der Waals surface area (Å²) in [4.78, 5) is 18.7. The number of guanidine groups is 1. The fourth-order valence-corrected chi connectivity index (χ4v) is 1.79. The van der Waals surface area contributed by atoms with Crippen LogP contribution in [0.15, 0.2) is 17.6 Å². The lowest BCUT2D eigenvalue weighted by molar-refractivity contribution is -0.128. The number of amides is 1. The predicted molar refractivity (Wildman–Crippen MR) is 90.5 cm³/mol. The molecule has 0 aliphatic heterocycles. The van der Waals surface area contributed by atoms with Crippen molar-refractivity contribution < 1.29 is 4.79 Å². The summed E-state index contributed by atoms with van der Waals surface area (Å²) in [6.07, 6.45) is 3.97. The third-order valence-corrected chi connectivity index (χ3v) is 3.17. The van der Waals surface area contributed by atoms with E-state index >= 15 is 0 Å². The van der Waals surface area contributed by atoms with E-state index in [9.17, 15) is 4.79 Å². The monoisotopic (exact) mass is 296 g/mol. The molecule has 2 N–H and O–H groups in total. The molecule has 0 rings (SSSR count). The van der Waals surface area contributed by atoms with Crippen LogP contribution in [0, 0.1) is 5.41 Å². The topological polar surface area (TPSA) is 56.7 Å². The highest BCUT2D eigenvalue weighted by Crippen LogP contribution is 2.15. The van der Waals surface area contributed by atoms with Crippen molar-refractivity contribution in [2.75, 3.05) is 33.2 Å². The lowest BCUT2D eigenvalue weighted by atomic mass is 9.92. The second kappa shape index (κ2) is 10.2. The van der Waals surface area contributed by atoms with Crippen LogP contribution in [0.2, 0.25) is 0 Å². The van der Waals surface area contributed by atoms with E-state index in [0.29, 0.717) is 13.1 Å². The van der Waals surface area contributed by atoms with Crippen molar-refractivity contribution in [2.45, 2.75) is 40.5 Å². The minimum atomic E-state index is -0.501. The Morgan fingerprint density at radius 1 is 1.29 bits per heavy atom. The molecule has 0 aliphatic carbocycles. The van der Waals surface area contributed by atoms with Crippen molar-refractivity contribution in [1.29, 1.82) is 0 Å². The van der Waals surface area contributed by atoms with Crippen LogP contribution < -0.4 is 10.6 Å². The van der Waals surface area contributed by atoms with Crippen molar-refractivity contribution in [3.05, 3.63) is 12.7 Å². The summed E-state index contributed by atoms with van der Waals surface area (Å²) < 4.78 is 0. The quantitative estimate of drug-likeness (QED) is 0.296. The van der Waals surface area contributed by atoms with Crippen LogP contribution in [-0.4, -0.2) is 50.0 Å². The molecule has 0 bridgehead atoms. The van der Waals surface area contributed by atoms with Crippen molar-refractivity contribution >= 4 is 11.9 Å². The molecule has 0 atom stereocenters. The Balaban J connectivity index is 4.70. The van der Waals surface area contributed by atoms with Crippen LogP contribution in [-0.2, 0) is 4.79 Å². The molecular formula is C16H32N4O. The first kappa shape index (κ1) is 19.5. The Kier molecular flexibility index (Phi) is 9.50. The van der Waals surface area contributed by atoms with Gasteiger partial charge in [0.1, 0.15) is 0 Å². The number of nitrogens with one attached hydrogen (secondary N) is 2. The van der Waals surface area contributed by atoms with Crippen molar-refractivity contribution in [3.63, 3.8) is 0 Å². The van der Waals surface area contributed by atoms with Gasteiger partial charge in [-0.05, 0) is 40.5 Å². The SMILES string of the molecule is C=CCCCN(C)C(=NCC(C)(C)C(=O)NCC)NCC. The molecule has 0 unspecified atom stereocenters. The van der Waals surface area contributed by atoms with E-state index in [0.717, 1.165) is 31.9 Å². The van der Waals surface area contributed by atoms with E-state index in [-0.39, 0.29) is 5.91 Å². The maximum Gasteiger partial charge on any atom is 0.227 e. The molecule has 0 aromatic rings. The van der Waals surface area contributed by atoms with E-state index in [1.165, 1.54) is 0 Å². The summed E-state index contributed by atoms with van der Waals surface area (Å²) in [6.45, 7) is 14.4. The number of carbonyl (C=O) groups excluding carboxylic acids is 1. The van der Waals surface area contributed by atoms with Crippen LogP contribution in [0.5, 0.6) is 0 Å². The molecule has 0 saturated carbocycles. The number of hydrogen-bond donors (Lipinski definition) is 2. The Morgan fingerprint density at radius 3 is 2.43 bits per heavy atom. The second-order valence-corrected chi connectivity index (χ2v) is 5.77. The van der Waals surface area contributed by atoms with E-state index < -0.39 is 5.41 Å². The van der Waals surface area contributed by atoms with Crippen molar-refractivity contribution in [3.8, 4) is 0 Å². The van der Waals surface area contributed by atoms with Gasteiger partial charge in [0.25, 0.3) is 0 Å². The summed E-state index contributed by atoms with van der Waals surface area (Å²) in [7, 11) is 2.02. The first-order chi connectivity index (χ1) is 9.88. The zero-order valence-electron chi connectivity index (χ0n) is 14.3. The molecule has 0 saturated heterocycles. The van der Waals surface area contributed by atoms with Gasteiger partial charge in [-0.25, -0.2) is 0 Å². The molecule has 0 spiro atoms. The number of allylic oxidation sites excluding steroid dienone is 1. The van der Waals surface area contributed by atoms with Crippen LogP contribution in [0.4, 0.5) is 0 Å². The average Bonchev–Trinajstić information content (AvgIpc) is 2.43. The summed E-state index contributed by atoms with van der Waals surface area (Å²) in [5.41, 5.74) is -0.501. The average molecular weight is 296 g/mol. The zero-order valence-corrected chi connectivity index (χ0v) is 14.3. The second-order valence-electron chi connectivity index (χ2n) is 5.77. The van der Waals surface area contributed by atoms with Crippen LogP contribution in [0.25, 0.3) is 0 Å². The lowest BCUT2D eigenvalue weighted by Gasteiger charge is -2.25. The summed E-state index contributed by atoms with van der Waals surface area (Å²) in [5.74, 6) is 0.887. The third-order valence-electron chi connectivity index (χ3n) is 3.17. The van der Waals surface area contributed by atoms with Gasteiger partial charge < -0.3 is 15.5 Å². The fourth-order valence-electron chi connectivity index (χ4n) is 1.79. The number of hydrogen-bond acceptors (Lipinski definition) is 2. The van der Waals surface area contributed by atoms with Gasteiger partial charge in [-0.15, -0.1) is 6.58 Å². The standard InChI is InChI=1S/C16H32N4O/c1-7-10-11-12-20(6)15(18-9-3)19-13-16(4,5)14(21)17-8-2/h7H,1,8-13H2,2-6H3,(H,17,21)(H,18,19). The molecule has 0 aromatic heterocycles. The van der Waals surface area contributed by atoms with E-state index in [2.05, 4.69) is 27.1 Å². The molecule has 1 amide bonds. The fraction of sp³-hybridized carbons (Fsp3) is 0.750. The summed E-state index contributed by atoms with van der Waals surface area (Å²) in [5, 5.41) is 6.13. The lowest BCUT2D eigenvalue weighted by Crippen LogP contribution is -2.42. The van der Waals surface area contributed by atoms with E-state index in [1.807, 2.05) is 40.8 Å². The largest absolute Gasteiger partial charge is 0.357 e. The van der Waals surface area contributed by atoms with Gasteiger partial charge in [0.15, 0.2) is 5.96 Å². The van der Waals surface area contributed by atoms with Crippen LogP contribution in [0.1, 0.15) is 40.5 Å². The first-order valence-electron chi connectivity index (χ1n) is 7.77. The van der Waals surface area contributed by atoms with E-state index in [4.69, 9.17) is 0 Å². The first-order valence-corrected chi connectivity index (χ1v) is 7.77. The molecule has 0 aliphatic rings. The molecule has 5 nitrogen and oxygen atoms in total. The van der Waals surface area contributed by atoms with Crippen LogP contribution in [0.3, 0.4) is 0 Å². The molecule has 0 heterocycles. The highest BCUT2D eigenvalue weighted by Gasteiger charge is 2.27. The minimum absolute atomic E-state index is 0.0407. The Labute approximate surface area is 129 Å². The Bertz CT molecular complexity index is 350. The number of rotatable bonds is 9. The maximum atomic E-state index is 12.0. The molecule has 21 heavy (non-hydrogen) atoms. The van der Waals surface area contributed by atoms with Gasteiger partial charge in [-0.2, -0.15) is 0 Å². The molecule has 0 radical (unpaired) electrons. The third kappa shape index (κ3) is 7.73. The summed E-state index contributed by atoms with van der Waals surface area (Å²) >= 11 is 0. The van der Waals surface area contributed by atoms with Crippen molar-refractivity contribution in [2.24, 2.45) is 10.4 Å². The van der Waals surface area contributed by atoms with Gasteiger partial charge in [0.05, 0.1) is 12.0 Å². The highest BCUT2D eigenvalue weighted by molar-refractivity contribution is 5.83. The molecular weight excluding hydrogens is 264 g/mol. The summed E-state index contributed by atoms with van der Waals surface area (Å²) in [6, 6.07) is 0. The van der Waals surface area contributed by atoms with Gasteiger partial charge >= 0.3 is 0 Å². The normalized spacial score (nSPS) is 12.0. The predicted octanol–water partition coefficient (Wildman–Crippen LogP) is 2.01. The molecule has 0 fully saturated rings. The van der Waals surface area contributed by atoms with Crippen LogP contribution >= 0.6 is 0 Å². The van der Waals surface area contributed by atoms with Gasteiger partial charge in [0, 0.05) is 26.7 Å². The van der Waals surface area contributed by atoms with Gasteiger partial charge in [-0.1, -0.05) is 6.08 Å². The molecule has 5 heteroatoms. The number of aliphatic imine (C=N–C) groups is 1. The number of nitrogens with zero attached hydrogens (tertiary/aromatic N) is 2. The Morgan fingerprint density at radius 2 is 1.90 bits per heavy atom. The highest BCUT2D eigenvalue weighted by atomic mass is 16.2. The molecule has 122 valence electrons.